The van der Waals surface area contributed by atoms with Gasteiger partial charge in [0.25, 0.3) is 0 Å². The predicted molar refractivity (Wildman–Crippen MR) is 81.3 cm³/mol. The van der Waals surface area contributed by atoms with Gasteiger partial charge in [-0.25, -0.2) is 0 Å². The molecule has 1 N–H and O–H groups in total. The highest BCUT2D eigenvalue weighted by Gasteiger charge is 2.08. The highest BCUT2D eigenvalue weighted by atomic mass is 16.5. The Balaban J connectivity index is 1.88. The van der Waals surface area contributed by atoms with Crippen LogP contribution in [-0.2, 0) is 0 Å². The third kappa shape index (κ3) is 2.85. The molecule has 0 spiro atoms. The lowest BCUT2D eigenvalue weighted by atomic mass is 10.2. The van der Waals surface area contributed by atoms with Crippen LogP contribution in [-0.4, -0.2) is 15.1 Å². The number of pyridine rings is 2. The number of hydrogen-bond donors (Lipinski definition) is 1. The van der Waals surface area contributed by atoms with Crippen LogP contribution in [0.25, 0.3) is 10.9 Å². The fraction of sp³-hybridized carbons (Fsp3) is 0.176. The van der Waals surface area contributed by atoms with Gasteiger partial charge in [-0.05, 0) is 42.8 Å². The topological polar surface area (TPSA) is 55.2 Å². The lowest BCUT2D eigenvalue weighted by Gasteiger charge is -2.10. The van der Waals surface area contributed by atoms with E-state index in [1.54, 1.807) is 18.5 Å². The number of rotatable bonds is 4. The summed E-state index contributed by atoms with van der Waals surface area (Å²) < 4.78 is 5.88. The Hall–Kier alpha value is -2.46. The number of benzene rings is 1. The zero-order valence-electron chi connectivity index (χ0n) is 11.7. The van der Waals surface area contributed by atoms with E-state index < -0.39 is 6.10 Å². The fourth-order valence-corrected chi connectivity index (χ4v) is 2.15. The van der Waals surface area contributed by atoms with Gasteiger partial charge in [0.05, 0.1) is 23.5 Å². The second-order valence-electron chi connectivity index (χ2n) is 4.77. The smallest absolute Gasteiger partial charge is 0.145 e. The van der Waals surface area contributed by atoms with Gasteiger partial charge in [0.15, 0.2) is 0 Å². The molecule has 4 heteroatoms. The van der Waals surface area contributed by atoms with E-state index in [1.807, 2.05) is 43.3 Å². The van der Waals surface area contributed by atoms with Gasteiger partial charge in [-0.3, -0.25) is 9.97 Å². The van der Waals surface area contributed by atoms with E-state index in [4.69, 9.17) is 4.74 Å². The van der Waals surface area contributed by atoms with E-state index in [9.17, 15) is 5.11 Å². The van der Waals surface area contributed by atoms with Crippen molar-refractivity contribution in [3.63, 3.8) is 0 Å². The summed E-state index contributed by atoms with van der Waals surface area (Å²) in [5.74, 6) is 1.38. The first-order valence-corrected chi connectivity index (χ1v) is 6.93. The molecule has 21 heavy (non-hydrogen) atoms. The molecule has 0 saturated heterocycles. The number of ether oxygens (including phenoxy) is 1. The zero-order chi connectivity index (χ0) is 14.7. The average Bonchev–Trinajstić information content (AvgIpc) is 2.55. The van der Waals surface area contributed by atoms with Crippen molar-refractivity contribution in [3.05, 3.63) is 60.6 Å². The van der Waals surface area contributed by atoms with E-state index in [0.717, 1.165) is 16.7 Å². The van der Waals surface area contributed by atoms with Gasteiger partial charge >= 0.3 is 0 Å². The molecule has 0 amide bonds. The summed E-state index contributed by atoms with van der Waals surface area (Å²) in [6, 6.07) is 13.2. The second-order valence-corrected chi connectivity index (χ2v) is 4.77. The first kappa shape index (κ1) is 13.5. The van der Waals surface area contributed by atoms with E-state index >= 15 is 0 Å². The summed E-state index contributed by atoms with van der Waals surface area (Å²) in [5, 5.41) is 10.7. The molecule has 0 aliphatic rings. The van der Waals surface area contributed by atoms with Crippen molar-refractivity contribution in [1.82, 2.24) is 9.97 Å². The Morgan fingerprint density at radius 2 is 2.00 bits per heavy atom. The molecule has 1 aromatic carbocycles. The first-order chi connectivity index (χ1) is 10.3. The Bertz CT molecular complexity index is 736. The minimum atomic E-state index is -0.527. The molecule has 4 nitrogen and oxygen atoms in total. The van der Waals surface area contributed by atoms with E-state index in [-0.39, 0.29) is 0 Å². The molecule has 0 unspecified atom stereocenters. The molecular weight excluding hydrogens is 264 g/mol. The van der Waals surface area contributed by atoms with Crippen molar-refractivity contribution in [2.24, 2.45) is 0 Å². The summed E-state index contributed by atoms with van der Waals surface area (Å²) in [6.45, 7) is 1.92. The van der Waals surface area contributed by atoms with Crippen LogP contribution in [0.15, 0.2) is 54.9 Å². The number of aliphatic hydroxyl groups is 1. The van der Waals surface area contributed by atoms with Crippen molar-refractivity contribution in [3.8, 4) is 11.5 Å². The third-order valence-electron chi connectivity index (χ3n) is 3.32. The van der Waals surface area contributed by atoms with Crippen molar-refractivity contribution < 1.29 is 9.84 Å². The van der Waals surface area contributed by atoms with Crippen molar-refractivity contribution in [2.45, 2.75) is 19.4 Å². The Kier molecular flexibility index (Phi) is 3.79. The average molecular weight is 280 g/mol. The summed E-state index contributed by atoms with van der Waals surface area (Å²) in [5.41, 5.74) is 1.55. The maximum atomic E-state index is 9.74. The van der Waals surface area contributed by atoms with E-state index in [2.05, 4.69) is 9.97 Å². The van der Waals surface area contributed by atoms with Crippen LogP contribution >= 0.6 is 0 Å². The van der Waals surface area contributed by atoms with Gasteiger partial charge in [-0.1, -0.05) is 13.0 Å². The first-order valence-electron chi connectivity index (χ1n) is 6.93. The van der Waals surface area contributed by atoms with Crippen LogP contribution in [0.1, 0.15) is 25.1 Å². The Morgan fingerprint density at radius 1 is 1.10 bits per heavy atom. The molecule has 1 atom stereocenters. The van der Waals surface area contributed by atoms with Gasteiger partial charge in [0.1, 0.15) is 11.5 Å². The van der Waals surface area contributed by atoms with Gasteiger partial charge in [0, 0.05) is 11.6 Å². The third-order valence-corrected chi connectivity index (χ3v) is 3.32. The maximum absolute atomic E-state index is 9.74. The molecule has 2 heterocycles. The summed E-state index contributed by atoms with van der Waals surface area (Å²) in [6.07, 6.45) is 3.50. The molecule has 3 rings (SSSR count). The second kappa shape index (κ2) is 5.89. The molecular formula is C17H16N2O2. The maximum Gasteiger partial charge on any atom is 0.145 e. The molecule has 0 fully saturated rings. The van der Waals surface area contributed by atoms with Crippen LogP contribution in [0.4, 0.5) is 0 Å². The molecule has 0 aliphatic carbocycles. The van der Waals surface area contributed by atoms with Gasteiger partial charge in [-0.15, -0.1) is 0 Å². The van der Waals surface area contributed by atoms with Gasteiger partial charge in [-0.2, -0.15) is 0 Å². The molecule has 0 aliphatic heterocycles. The summed E-state index contributed by atoms with van der Waals surface area (Å²) in [4.78, 5) is 8.54. The van der Waals surface area contributed by atoms with Crippen LogP contribution in [0.3, 0.4) is 0 Å². The molecule has 3 aromatic rings. The molecule has 0 saturated carbocycles. The molecule has 2 aromatic heterocycles. The van der Waals surface area contributed by atoms with Crippen LogP contribution < -0.4 is 4.74 Å². The van der Waals surface area contributed by atoms with E-state index in [0.29, 0.717) is 17.9 Å². The number of nitrogens with zero attached hydrogens (tertiary/aromatic N) is 2. The Labute approximate surface area is 123 Å². The number of aliphatic hydroxyl groups excluding tert-OH is 1. The highest BCUT2D eigenvalue weighted by Crippen LogP contribution is 2.28. The van der Waals surface area contributed by atoms with Crippen molar-refractivity contribution >= 4 is 10.9 Å². The minimum Gasteiger partial charge on any atom is -0.455 e. The van der Waals surface area contributed by atoms with Crippen LogP contribution in [0.2, 0.25) is 0 Å². The van der Waals surface area contributed by atoms with Crippen molar-refractivity contribution in [1.29, 1.82) is 0 Å². The molecule has 0 radical (unpaired) electrons. The lowest BCUT2D eigenvalue weighted by Crippen LogP contribution is -1.98. The largest absolute Gasteiger partial charge is 0.455 e. The zero-order valence-corrected chi connectivity index (χ0v) is 11.7. The minimum absolute atomic E-state index is 0.527. The number of hydrogen-bond acceptors (Lipinski definition) is 4. The van der Waals surface area contributed by atoms with Gasteiger partial charge < -0.3 is 9.84 Å². The van der Waals surface area contributed by atoms with Crippen molar-refractivity contribution in [2.75, 3.05) is 0 Å². The van der Waals surface area contributed by atoms with E-state index in [1.165, 1.54) is 0 Å². The van der Waals surface area contributed by atoms with Crippen LogP contribution in [0, 0.1) is 0 Å². The normalized spacial score (nSPS) is 12.3. The molecule has 0 bridgehead atoms. The lowest BCUT2D eigenvalue weighted by molar-refractivity contribution is 0.169. The SMILES string of the molecule is CC[C@@H](O)c1ccc(Oc2cccc3ncccc23)cn1. The summed E-state index contributed by atoms with van der Waals surface area (Å²) >= 11 is 0. The fourth-order valence-electron chi connectivity index (χ4n) is 2.15. The predicted octanol–water partition coefficient (Wildman–Crippen LogP) is 3.87. The Morgan fingerprint density at radius 3 is 2.76 bits per heavy atom. The standard InChI is InChI=1S/C17H16N2O2/c1-2-16(20)15-9-8-12(11-19-15)21-17-7-3-6-14-13(17)5-4-10-18-14/h3-11,16,20H,2H2,1H3/t16-/m1/s1. The monoisotopic (exact) mass is 280 g/mol. The number of aromatic nitrogens is 2. The number of fused-ring (bicyclic) bond motifs is 1. The highest BCUT2D eigenvalue weighted by molar-refractivity contribution is 5.85. The quantitative estimate of drug-likeness (QED) is 0.788. The molecule has 106 valence electrons. The summed E-state index contributed by atoms with van der Waals surface area (Å²) in [7, 11) is 0. The van der Waals surface area contributed by atoms with Crippen LogP contribution in [0.5, 0.6) is 11.5 Å². The van der Waals surface area contributed by atoms with Gasteiger partial charge in [0.2, 0.25) is 0 Å².